The maximum Gasteiger partial charge on any atom is 0.0756 e. The van der Waals surface area contributed by atoms with Crippen LogP contribution in [-0.4, -0.2) is 0 Å². The van der Waals surface area contributed by atoms with Crippen LogP contribution in [0.5, 0.6) is 0 Å². The lowest BCUT2D eigenvalue weighted by atomic mass is 9.99. The Morgan fingerprint density at radius 2 is 1.59 bits per heavy atom. The third-order valence-corrected chi connectivity index (χ3v) is 2.89. The van der Waals surface area contributed by atoms with Gasteiger partial charge in [0.25, 0.3) is 0 Å². The highest BCUT2D eigenvalue weighted by atomic mass is 16.3. The number of nitroso groups, excluding NO2 is 1. The Bertz CT molecular complexity index is 605. The first-order valence-corrected chi connectivity index (χ1v) is 5.39. The maximum absolute atomic E-state index is 10.9. The highest BCUT2D eigenvalue weighted by Gasteiger charge is 2.15. The molecule has 3 heteroatoms. The lowest BCUT2D eigenvalue weighted by Gasteiger charge is -2.13. The number of nitrogens with zero attached hydrogens (tertiary/aromatic N) is 2. The fraction of sp³-hybridized carbons (Fsp3) is 0. The summed E-state index contributed by atoms with van der Waals surface area (Å²) in [5.41, 5.74) is 4.04. The Labute approximate surface area is 98.9 Å². The van der Waals surface area contributed by atoms with Crippen LogP contribution in [0.15, 0.2) is 60.0 Å². The fourth-order valence-electron chi connectivity index (χ4n) is 2.09. The van der Waals surface area contributed by atoms with Gasteiger partial charge in [-0.3, -0.25) is 0 Å². The van der Waals surface area contributed by atoms with Crippen LogP contribution in [0, 0.1) is 4.91 Å². The van der Waals surface area contributed by atoms with Gasteiger partial charge >= 0.3 is 0 Å². The van der Waals surface area contributed by atoms with E-state index in [1.54, 1.807) is 6.20 Å². The third kappa shape index (κ3) is 1.52. The molecule has 0 fully saturated rings. The van der Waals surface area contributed by atoms with Crippen molar-refractivity contribution in [2.45, 2.75) is 0 Å². The van der Waals surface area contributed by atoms with Crippen molar-refractivity contribution >= 4 is 11.8 Å². The molecule has 2 aromatic carbocycles. The summed E-state index contributed by atoms with van der Waals surface area (Å²) in [5.74, 6) is 0. The summed E-state index contributed by atoms with van der Waals surface area (Å²) in [5, 5.41) is 4.38. The highest BCUT2D eigenvalue weighted by Crippen LogP contribution is 2.36. The number of fused-ring (bicyclic) bond motifs is 3. The van der Waals surface area contributed by atoms with Crippen molar-refractivity contribution < 1.29 is 0 Å². The van der Waals surface area contributed by atoms with Crippen molar-refractivity contribution in [3.05, 3.63) is 65.2 Å². The SMILES string of the molecule is O=NN1C=Cc2ccccc2-c2ccccc21. The zero-order valence-corrected chi connectivity index (χ0v) is 9.08. The van der Waals surface area contributed by atoms with Gasteiger partial charge in [-0.25, -0.2) is 5.01 Å². The standard InChI is InChI=1S/C14H10N2O/c17-15-16-10-9-11-5-1-2-6-12(11)13-7-3-4-8-14(13)16/h1-10H. The van der Waals surface area contributed by atoms with Crippen molar-refractivity contribution in [2.75, 3.05) is 5.01 Å². The lowest BCUT2D eigenvalue weighted by Crippen LogP contribution is -2.05. The van der Waals surface area contributed by atoms with Gasteiger partial charge in [-0.2, -0.15) is 0 Å². The Morgan fingerprint density at radius 3 is 2.41 bits per heavy atom. The molecular weight excluding hydrogens is 212 g/mol. The van der Waals surface area contributed by atoms with E-state index in [1.807, 2.05) is 54.6 Å². The number of hydrogen-bond donors (Lipinski definition) is 0. The zero-order valence-electron chi connectivity index (χ0n) is 9.08. The molecule has 0 saturated carbocycles. The van der Waals surface area contributed by atoms with Crippen molar-refractivity contribution in [2.24, 2.45) is 5.29 Å². The van der Waals surface area contributed by atoms with Gasteiger partial charge < -0.3 is 0 Å². The summed E-state index contributed by atoms with van der Waals surface area (Å²) in [6, 6.07) is 15.8. The van der Waals surface area contributed by atoms with E-state index in [1.165, 1.54) is 5.01 Å². The van der Waals surface area contributed by atoms with E-state index in [0.29, 0.717) is 0 Å². The largest absolute Gasteiger partial charge is 0.204 e. The van der Waals surface area contributed by atoms with Crippen LogP contribution in [0.1, 0.15) is 5.56 Å². The molecule has 1 aliphatic rings. The van der Waals surface area contributed by atoms with Crippen molar-refractivity contribution in [1.82, 2.24) is 0 Å². The molecule has 0 bridgehead atoms. The van der Waals surface area contributed by atoms with Gasteiger partial charge in [0.2, 0.25) is 0 Å². The van der Waals surface area contributed by atoms with E-state index in [0.717, 1.165) is 22.4 Å². The van der Waals surface area contributed by atoms with E-state index >= 15 is 0 Å². The molecule has 0 spiro atoms. The average Bonchev–Trinajstić information content (AvgIpc) is 2.56. The molecule has 17 heavy (non-hydrogen) atoms. The fourth-order valence-corrected chi connectivity index (χ4v) is 2.09. The summed E-state index contributed by atoms with van der Waals surface area (Å²) < 4.78 is 0. The molecule has 2 aromatic rings. The van der Waals surface area contributed by atoms with E-state index in [4.69, 9.17) is 0 Å². The lowest BCUT2D eigenvalue weighted by molar-refractivity contribution is 1.07. The zero-order chi connectivity index (χ0) is 11.7. The van der Waals surface area contributed by atoms with Crippen LogP contribution >= 0.6 is 0 Å². The maximum atomic E-state index is 10.9. The Morgan fingerprint density at radius 1 is 0.882 bits per heavy atom. The molecule has 0 N–H and O–H groups in total. The number of anilines is 1. The molecule has 0 radical (unpaired) electrons. The Balaban J connectivity index is 2.33. The Hall–Kier alpha value is -2.42. The molecule has 82 valence electrons. The summed E-state index contributed by atoms with van der Waals surface area (Å²) in [7, 11) is 0. The van der Waals surface area contributed by atoms with Crippen LogP contribution in [0.2, 0.25) is 0 Å². The minimum Gasteiger partial charge on any atom is -0.204 e. The first-order chi connectivity index (χ1) is 8.40. The second-order valence-electron chi connectivity index (χ2n) is 3.85. The van der Waals surface area contributed by atoms with Crippen LogP contribution < -0.4 is 5.01 Å². The average molecular weight is 222 g/mol. The summed E-state index contributed by atoms with van der Waals surface area (Å²) in [4.78, 5) is 10.9. The van der Waals surface area contributed by atoms with Gasteiger partial charge in [-0.1, -0.05) is 42.5 Å². The first-order valence-electron chi connectivity index (χ1n) is 5.39. The van der Waals surface area contributed by atoms with E-state index in [9.17, 15) is 4.91 Å². The third-order valence-electron chi connectivity index (χ3n) is 2.89. The number of hydrogen-bond acceptors (Lipinski definition) is 2. The molecule has 0 unspecified atom stereocenters. The van der Waals surface area contributed by atoms with E-state index in [2.05, 4.69) is 5.29 Å². The van der Waals surface area contributed by atoms with Gasteiger partial charge in [0, 0.05) is 11.8 Å². The molecule has 0 atom stereocenters. The van der Waals surface area contributed by atoms with Gasteiger partial charge in [0.05, 0.1) is 11.0 Å². The predicted octanol–water partition coefficient (Wildman–Crippen LogP) is 3.83. The summed E-state index contributed by atoms with van der Waals surface area (Å²) >= 11 is 0. The highest BCUT2D eigenvalue weighted by molar-refractivity contribution is 5.87. The monoisotopic (exact) mass is 222 g/mol. The van der Waals surface area contributed by atoms with E-state index in [-0.39, 0.29) is 0 Å². The molecular formula is C14H10N2O. The number of para-hydroxylation sites is 1. The van der Waals surface area contributed by atoms with Crippen molar-refractivity contribution in [1.29, 1.82) is 0 Å². The van der Waals surface area contributed by atoms with Gasteiger partial charge in [-0.05, 0) is 23.3 Å². The molecule has 0 amide bonds. The molecule has 0 aromatic heterocycles. The molecule has 1 heterocycles. The summed E-state index contributed by atoms with van der Waals surface area (Å²) in [6.07, 6.45) is 3.59. The van der Waals surface area contributed by atoms with E-state index < -0.39 is 0 Å². The number of rotatable bonds is 1. The normalized spacial score (nSPS) is 12.6. The molecule has 1 aliphatic heterocycles. The van der Waals surface area contributed by atoms with Crippen molar-refractivity contribution in [3.63, 3.8) is 0 Å². The van der Waals surface area contributed by atoms with Gasteiger partial charge in [-0.15, -0.1) is 4.91 Å². The quantitative estimate of drug-likeness (QED) is 0.687. The topological polar surface area (TPSA) is 32.7 Å². The molecule has 0 aliphatic carbocycles. The first kappa shape index (κ1) is 9.78. The Kier molecular flexibility index (Phi) is 2.22. The molecule has 3 rings (SSSR count). The smallest absolute Gasteiger partial charge is 0.0756 e. The minimum atomic E-state index is 0.809. The van der Waals surface area contributed by atoms with Crippen molar-refractivity contribution in [3.8, 4) is 11.1 Å². The van der Waals surface area contributed by atoms with Crippen LogP contribution in [0.4, 0.5) is 5.69 Å². The molecule has 3 nitrogen and oxygen atoms in total. The van der Waals surface area contributed by atoms with Crippen LogP contribution in [0.25, 0.3) is 17.2 Å². The second-order valence-corrected chi connectivity index (χ2v) is 3.85. The van der Waals surface area contributed by atoms with Crippen LogP contribution in [-0.2, 0) is 0 Å². The number of benzene rings is 2. The predicted molar refractivity (Wildman–Crippen MR) is 69.2 cm³/mol. The van der Waals surface area contributed by atoms with Crippen LogP contribution in [0.3, 0.4) is 0 Å². The minimum absolute atomic E-state index is 0.809. The molecule has 0 saturated heterocycles. The second kappa shape index (κ2) is 3.87. The van der Waals surface area contributed by atoms with Gasteiger partial charge in [0.15, 0.2) is 0 Å². The summed E-state index contributed by atoms with van der Waals surface area (Å²) in [6.45, 7) is 0. The van der Waals surface area contributed by atoms with Gasteiger partial charge in [0.1, 0.15) is 0 Å².